The maximum Gasteiger partial charge on any atom is 0.270 e. The third kappa shape index (κ3) is 7.10. The number of rotatable bonds is 9. The van der Waals surface area contributed by atoms with Crippen molar-refractivity contribution in [3.8, 4) is 6.07 Å². The van der Waals surface area contributed by atoms with Crippen LogP contribution in [-0.2, 0) is 10.0 Å². The van der Waals surface area contributed by atoms with Gasteiger partial charge in [-0.3, -0.25) is 10.1 Å². The molecule has 0 saturated heterocycles. The quantitative estimate of drug-likeness (QED) is 0.358. The first-order valence-corrected chi connectivity index (χ1v) is 10.2. The van der Waals surface area contributed by atoms with Crippen molar-refractivity contribution in [2.45, 2.75) is 58.8 Å². The van der Waals surface area contributed by atoms with E-state index in [2.05, 4.69) is 6.07 Å². The van der Waals surface area contributed by atoms with E-state index in [0.717, 1.165) is 12.5 Å². The summed E-state index contributed by atoms with van der Waals surface area (Å²) in [4.78, 5) is 10.2. The minimum Gasteiger partial charge on any atom is -0.258 e. The van der Waals surface area contributed by atoms with Crippen molar-refractivity contribution in [3.05, 3.63) is 34.4 Å². The number of hydrogen-bond donors (Lipinski definition) is 0. The summed E-state index contributed by atoms with van der Waals surface area (Å²) in [6.07, 6.45) is 1.87. The molecule has 0 amide bonds. The Balaban J connectivity index is 0.00000301. The summed E-state index contributed by atoms with van der Waals surface area (Å²) < 4.78 is 26.9. The van der Waals surface area contributed by atoms with Crippen LogP contribution in [-0.4, -0.2) is 30.7 Å². The Labute approximate surface area is 156 Å². The molecule has 0 aliphatic rings. The van der Waals surface area contributed by atoms with Crippen LogP contribution in [0.1, 0.15) is 53.9 Å². The SMILES string of the molecule is CC.CCN(CC(C)(C)CCCC#N)S(=O)(=O)c1cccc([N+](=O)[O-])c1. The first kappa shape index (κ1) is 24.0. The van der Waals surface area contributed by atoms with Crippen LogP contribution in [0.5, 0.6) is 0 Å². The maximum absolute atomic E-state index is 12.8. The Hall–Kier alpha value is -1.98. The van der Waals surface area contributed by atoms with Crippen LogP contribution in [0, 0.1) is 26.9 Å². The molecule has 1 rings (SSSR count). The van der Waals surface area contributed by atoms with Gasteiger partial charge in [0.25, 0.3) is 5.69 Å². The lowest BCUT2D eigenvalue weighted by atomic mass is 9.87. The summed E-state index contributed by atoms with van der Waals surface area (Å²) in [5.74, 6) is 0. The van der Waals surface area contributed by atoms with Gasteiger partial charge in [-0.25, -0.2) is 8.42 Å². The minimum atomic E-state index is -3.81. The average Bonchev–Trinajstić information content (AvgIpc) is 2.61. The number of benzene rings is 1. The summed E-state index contributed by atoms with van der Waals surface area (Å²) in [5.41, 5.74) is -0.541. The van der Waals surface area contributed by atoms with E-state index in [4.69, 9.17) is 5.26 Å². The van der Waals surface area contributed by atoms with Crippen LogP contribution >= 0.6 is 0 Å². The van der Waals surface area contributed by atoms with Crippen LogP contribution in [0.3, 0.4) is 0 Å². The number of nitriles is 1. The molecule has 0 aliphatic carbocycles. The topological polar surface area (TPSA) is 104 Å². The van der Waals surface area contributed by atoms with Crippen LogP contribution < -0.4 is 0 Å². The number of non-ortho nitro benzene ring substituents is 1. The van der Waals surface area contributed by atoms with E-state index in [1.807, 2.05) is 27.7 Å². The zero-order chi connectivity index (χ0) is 20.4. The van der Waals surface area contributed by atoms with Crippen LogP contribution in [0.15, 0.2) is 29.2 Å². The van der Waals surface area contributed by atoms with Gasteiger partial charge in [0, 0.05) is 31.6 Å². The second kappa shape index (κ2) is 10.9. The van der Waals surface area contributed by atoms with Crippen LogP contribution in [0.25, 0.3) is 0 Å². The van der Waals surface area contributed by atoms with Crippen molar-refractivity contribution < 1.29 is 13.3 Å². The smallest absolute Gasteiger partial charge is 0.258 e. The number of sulfonamides is 1. The van der Waals surface area contributed by atoms with E-state index in [1.165, 1.54) is 22.5 Å². The first-order valence-electron chi connectivity index (χ1n) is 8.75. The summed E-state index contributed by atoms with van der Waals surface area (Å²) >= 11 is 0. The van der Waals surface area contributed by atoms with Gasteiger partial charge in [-0.15, -0.1) is 0 Å². The highest BCUT2D eigenvalue weighted by molar-refractivity contribution is 7.89. The van der Waals surface area contributed by atoms with E-state index in [-0.39, 0.29) is 22.5 Å². The molecule has 0 atom stereocenters. The standard InChI is InChI=1S/C16H23N3O4S.C2H6/c1-4-18(13-16(2,3)10-5-6-11-17)24(22,23)15-9-7-8-14(12-15)19(20)21;1-2/h7-9,12H,4-6,10,13H2,1-3H3;1-2H3. The lowest BCUT2D eigenvalue weighted by molar-refractivity contribution is -0.385. The number of nitrogens with zero attached hydrogens (tertiary/aromatic N) is 3. The summed E-state index contributed by atoms with van der Waals surface area (Å²) in [6.45, 7) is 10.2. The van der Waals surface area contributed by atoms with Gasteiger partial charge in [-0.05, 0) is 24.3 Å². The molecular weight excluding hydrogens is 354 g/mol. The molecule has 8 heteroatoms. The molecule has 26 heavy (non-hydrogen) atoms. The van der Waals surface area contributed by atoms with E-state index >= 15 is 0 Å². The molecule has 0 fully saturated rings. The molecule has 0 bridgehead atoms. The van der Waals surface area contributed by atoms with Crippen molar-refractivity contribution in [1.82, 2.24) is 4.31 Å². The summed E-state index contributed by atoms with van der Waals surface area (Å²) in [5, 5.41) is 19.5. The van der Waals surface area contributed by atoms with Crippen LogP contribution in [0.4, 0.5) is 5.69 Å². The van der Waals surface area contributed by atoms with Crippen molar-refractivity contribution >= 4 is 15.7 Å². The normalized spacial score (nSPS) is 11.4. The fourth-order valence-electron chi connectivity index (χ4n) is 2.48. The number of nitro groups is 1. The van der Waals surface area contributed by atoms with Gasteiger partial charge in [0.2, 0.25) is 10.0 Å². The fourth-order valence-corrected chi connectivity index (χ4v) is 4.15. The summed E-state index contributed by atoms with van der Waals surface area (Å²) in [6, 6.07) is 7.17. The second-order valence-electron chi connectivity index (χ2n) is 6.36. The largest absolute Gasteiger partial charge is 0.270 e. The van der Waals surface area contributed by atoms with Crippen molar-refractivity contribution in [2.24, 2.45) is 5.41 Å². The number of hydrogen-bond acceptors (Lipinski definition) is 5. The zero-order valence-electron chi connectivity index (χ0n) is 16.2. The fraction of sp³-hybridized carbons (Fsp3) is 0.611. The average molecular weight is 384 g/mol. The van der Waals surface area contributed by atoms with Gasteiger partial charge in [0.15, 0.2) is 0 Å². The number of unbranched alkanes of at least 4 members (excludes halogenated alkanes) is 1. The molecule has 0 spiro atoms. The van der Waals surface area contributed by atoms with Gasteiger partial charge >= 0.3 is 0 Å². The molecule has 0 aliphatic heterocycles. The Morgan fingerprint density at radius 2 is 1.92 bits per heavy atom. The first-order chi connectivity index (χ1) is 12.1. The predicted octanol–water partition coefficient (Wildman–Crippen LogP) is 4.35. The van der Waals surface area contributed by atoms with E-state index in [9.17, 15) is 18.5 Å². The van der Waals surface area contributed by atoms with E-state index < -0.39 is 14.9 Å². The molecular formula is C18H29N3O4S. The monoisotopic (exact) mass is 383 g/mol. The van der Waals surface area contributed by atoms with Gasteiger partial charge in [-0.1, -0.05) is 40.7 Å². The Morgan fingerprint density at radius 3 is 2.42 bits per heavy atom. The van der Waals surface area contributed by atoms with Gasteiger partial charge < -0.3 is 0 Å². The molecule has 0 N–H and O–H groups in total. The predicted molar refractivity (Wildman–Crippen MR) is 102 cm³/mol. The molecule has 7 nitrogen and oxygen atoms in total. The van der Waals surface area contributed by atoms with Crippen molar-refractivity contribution in [2.75, 3.05) is 13.1 Å². The molecule has 1 aromatic rings. The molecule has 0 aromatic heterocycles. The van der Waals surface area contributed by atoms with E-state index in [1.54, 1.807) is 6.92 Å². The molecule has 0 radical (unpaired) electrons. The Bertz CT molecular complexity index is 724. The van der Waals surface area contributed by atoms with Gasteiger partial charge in [0.05, 0.1) is 15.9 Å². The third-order valence-corrected chi connectivity index (χ3v) is 5.68. The highest BCUT2D eigenvalue weighted by Crippen LogP contribution is 2.28. The second-order valence-corrected chi connectivity index (χ2v) is 8.30. The van der Waals surface area contributed by atoms with Crippen LogP contribution in [0.2, 0.25) is 0 Å². The maximum atomic E-state index is 12.8. The molecule has 146 valence electrons. The zero-order valence-corrected chi connectivity index (χ0v) is 17.0. The molecule has 1 aromatic carbocycles. The van der Waals surface area contributed by atoms with Gasteiger partial charge in [0.1, 0.15) is 0 Å². The van der Waals surface area contributed by atoms with Gasteiger partial charge in [-0.2, -0.15) is 9.57 Å². The highest BCUT2D eigenvalue weighted by atomic mass is 32.2. The third-order valence-electron chi connectivity index (χ3n) is 3.77. The lowest BCUT2D eigenvalue weighted by Crippen LogP contribution is -2.38. The van der Waals surface area contributed by atoms with Crippen molar-refractivity contribution in [3.63, 3.8) is 0 Å². The molecule has 0 unspecified atom stereocenters. The lowest BCUT2D eigenvalue weighted by Gasteiger charge is -2.31. The number of nitro benzene ring substituents is 1. The van der Waals surface area contributed by atoms with E-state index in [0.29, 0.717) is 19.4 Å². The molecule has 0 saturated carbocycles. The molecule has 0 heterocycles. The minimum absolute atomic E-state index is 0.0774. The summed E-state index contributed by atoms with van der Waals surface area (Å²) in [7, 11) is -3.81. The Morgan fingerprint density at radius 1 is 1.31 bits per heavy atom. The Kier molecular flexibility index (Phi) is 10.1. The van der Waals surface area contributed by atoms with Crippen molar-refractivity contribution in [1.29, 1.82) is 5.26 Å². The highest BCUT2D eigenvalue weighted by Gasteiger charge is 2.30.